The van der Waals surface area contributed by atoms with E-state index in [2.05, 4.69) is 33.8 Å². The third-order valence-corrected chi connectivity index (χ3v) is 3.08. The number of ether oxygens (including phenoxy) is 1. The first-order valence-electron chi connectivity index (χ1n) is 5.93. The van der Waals surface area contributed by atoms with Gasteiger partial charge in [0.15, 0.2) is 0 Å². The number of hydrogen-bond donors (Lipinski definition) is 0. The van der Waals surface area contributed by atoms with Crippen molar-refractivity contribution >= 4 is 5.97 Å². The first-order chi connectivity index (χ1) is 7.05. The zero-order valence-electron chi connectivity index (χ0n) is 11.5. The minimum absolute atomic E-state index is 0.0293. The summed E-state index contributed by atoms with van der Waals surface area (Å²) < 4.78 is 5.44. The number of allylic oxidation sites excluding steroid dienone is 2. The van der Waals surface area contributed by atoms with Crippen LogP contribution < -0.4 is 0 Å². The molecule has 16 heavy (non-hydrogen) atoms. The number of carbonyl (C=O) groups is 1. The number of hydrogen-bond acceptors (Lipinski definition) is 2. The van der Waals surface area contributed by atoms with Gasteiger partial charge in [0.2, 0.25) is 0 Å². The number of rotatable bonds is 2. The molecule has 1 fully saturated rings. The van der Waals surface area contributed by atoms with Gasteiger partial charge in [-0.15, -0.1) is 0 Å². The second kappa shape index (κ2) is 3.90. The SMILES string of the molecule is CC(C)=C[C@H]1[C@H](C(=O)OC(C)(C)C)C1(C)C. The summed E-state index contributed by atoms with van der Waals surface area (Å²) in [4.78, 5) is 12.0. The molecule has 1 saturated carbocycles. The van der Waals surface area contributed by atoms with E-state index in [0.29, 0.717) is 5.92 Å². The highest BCUT2D eigenvalue weighted by Gasteiger charge is 2.61. The van der Waals surface area contributed by atoms with Crippen LogP contribution in [0, 0.1) is 17.3 Å². The van der Waals surface area contributed by atoms with Crippen LogP contribution in [0.15, 0.2) is 11.6 Å². The quantitative estimate of drug-likeness (QED) is 0.529. The molecule has 1 aliphatic carbocycles. The molecule has 2 atom stereocenters. The lowest BCUT2D eigenvalue weighted by Crippen LogP contribution is -2.26. The number of carbonyl (C=O) groups excluding carboxylic acids is 1. The molecule has 0 radical (unpaired) electrons. The Morgan fingerprint density at radius 2 is 1.75 bits per heavy atom. The van der Waals surface area contributed by atoms with Gasteiger partial charge in [-0.05, 0) is 46.0 Å². The molecule has 92 valence electrons. The van der Waals surface area contributed by atoms with E-state index in [9.17, 15) is 4.79 Å². The normalized spacial score (nSPS) is 27.2. The molecule has 0 aromatic carbocycles. The summed E-state index contributed by atoms with van der Waals surface area (Å²) in [5.41, 5.74) is 0.939. The van der Waals surface area contributed by atoms with Crippen LogP contribution in [0.2, 0.25) is 0 Å². The molecule has 0 aromatic rings. The monoisotopic (exact) mass is 224 g/mol. The van der Waals surface area contributed by atoms with E-state index in [1.165, 1.54) is 5.57 Å². The molecule has 0 heterocycles. The zero-order chi connectivity index (χ0) is 12.7. The predicted molar refractivity (Wildman–Crippen MR) is 66.0 cm³/mol. The predicted octanol–water partition coefficient (Wildman–Crippen LogP) is 3.57. The molecule has 0 saturated heterocycles. The van der Waals surface area contributed by atoms with Crippen molar-refractivity contribution in [2.24, 2.45) is 17.3 Å². The van der Waals surface area contributed by atoms with Gasteiger partial charge in [0.05, 0.1) is 5.92 Å². The van der Waals surface area contributed by atoms with E-state index in [-0.39, 0.29) is 22.9 Å². The molecule has 2 heteroatoms. The molecule has 2 nitrogen and oxygen atoms in total. The third-order valence-electron chi connectivity index (χ3n) is 3.08. The first-order valence-corrected chi connectivity index (χ1v) is 5.93. The lowest BCUT2D eigenvalue weighted by molar-refractivity contribution is -0.157. The van der Waals surface area contributed by atoms with Crippen LogP contribution in [0.1, 0.15) is 48.5 Å². The van der Waals surface area contributed by atoms with Crippen LogP contribution in [0.3, 0.4) is 0 Å². The van der Waals surface area contributed by atoms with Gasteiger partial charge in [0.1, 0.15) is 5.60 Å². The molecule has 1 rings (SSSR count). The van der Waals surface area contributed by atoms with Gasteiger partial charge in [0, 0.05) is 0 Å². The smallest absolute Gasteiger partial charge is 0.310 e. The van der Waals surface area contributed by atoms with E-state index in [1.807, 2.05) is 20.8 Å². The van der Waals surface area contributed by atoms with Crippen molar-refractivity contribution in [2.75, 3.05) is 0 Å². The molecule has 0 amide bonds. The average Bonchev–Trinajstić information content (AvgIpc) is 2.47. The summed E-state index contributed by atoms with van der Waals surface area (Å²) in [6.07, 6.45) is 2.19. The van der Waals surface area contributed by atoms with E-state index in [1.54, 1.807) is 0 Å². The van der Waals surface area contributed by atoms with Gasteiger partial charge in [-0.2, -0.15) is 0 Å². The minimum atomic E-state index is -0.384. The molecule has 1 aliphatic rings. The Balaban J connectivity index is 2.70. The lowest BCUT2D eigenvalue weighted by Gasteiger charge is -2.19. The van der Waals surface area contributed by atoms with Crippen molar-refractivity contribution in [2.45, 2.75) is 54.1 Å². The van der Waals surface area contributed by atoms with E-state index in [0.717, 1.165) is 0 Å². The highest BCUT2D eigenvalue weighted by Crippen LogP contribution is 2.60. The van der Waals surface area contributed by atoms with Crippen LogP contribution in [-0.4, -0.2) is 11.6 Å². The van der Waals surface area contributed by atoms with Gasteiger partial charge in [-0.1, -0.05) is 25.5 Å². The fourth-order valence-electron chi connectivity index (χ4n) is 2.16. The maximum absolute atomic E-state index is 12.0. The summed E-state index contributed by atoms with van der Waals surface area (Å²) in [6, 6.07) is 0. The summed E-state index contributed by atoms with van der Waals surface area (Å²) in [5, 5.41) is 0. The van der Waals surface area contributed by atoms with Crippen molar-refractivity contribution in [3.05, 3.63) is 11.6 Å². The van der Waals surface area contributed by atoms with Crippen LogP contribution in [0.5, 0.6) is 0 Å². The Labute approximate surface area is 99.1 Å². The van der Waals surface area contributed by atoms with Gasteiger partial charge in [-0.3, -0.25) is 4.79 Å². The fraction of sp³-hybridized carbons (Fsp3) is 0.786. The maximum atomic E-state index is 12.0. The minimum Gasteiger partial charge on any atom is -0.460 e. The largest absolute Gasteiger partial charge is 0.460 e. The summed E-state index contributed by atoms with van der Waals surface area (Å²) in [6.45, 7) is 14.1. The fourth-order valence-corrected chi connectivity index (χ4v) is 2.16. The Morgan fingerprint density at radius 3 is 2.12 bits per heavy atom. The zero-order valence-corrected chi connectivity index (χ0v) is 11.5. The van der Waals surface area contributed by atoms with Gasteiger partial charge in [0.25, 0.3) is 0 Å². The summed E-state index contributed by atoms with van der Waals surface area (Å²) in [7, 11) is 0. The van der Waals surface area contributed by atoms with Crippen LogP contribution >= 0.6 is 0 Å². The van der Waals surface area contributed by atoms with E-state index in [4.69, 9.17) is 4.74 Å². The second-order valence-electron chi connectivity index (χ2n) is 6.60. The lowest BCUT2D eigenvalue weighted by atomic mass is 10.1. The van der Waals surface area contributed by atoms with Crippen molar-refractivity contribution in [1.29, 1.82) is 0 Å². The highest BCUT2D eigenvalue weighted by atomic mass is 16.6. The first kappa shape index (κ1) is 13.3. The van der Waals surface area contributed by atoms with Crippen molar-refractivity contribution in [1.82, 2.24) is 0 Å². The Bertz CT molecular complexity index is 314. The van der Waals surface area contributed by atoms with Gasteiger partial charge >= 0.3 is 5.97 Å². The Morgan fingerprint density at radius 1 is 1.25 bits per heavy atom. The molecular weight excluding hydrogens is 200 g/mol. The Kier molecular flexibility index (Phi) is 3.24. The highest BCUT2D eigenvalue weighted by molar-refractivity contribution is 5.78. The molecule has 0 N–H and O–H groups in total. The van der Waals surface area contributed by atoms with Gasteiger partial charge in [-0.25, -0.2) is 0 Å². The van der Waals surface area contributed by atoms with Crippen molar-refractivity contribution in [3.8, 4) is 0 Å². The standard InChI is InChI=1S/C14H24O2/c1-9(2)8-10-11(14(10,6)7)12(15)16-13(3,4)5/h8,10-11H,1-7H3/t10-,11+/m0/s1. The molecule has 0 spiro atoms. The topological polar surface area (TPSA) is 26.3 Å². The van der Waals surface area contributed by atoms with Gasteiger partial charge < -0.3 is 4.74 Å². The molecule has 0 aliphatic heterocycles. The van der Waals surface area contributed by atoms with E-state index >= 15 is 0 Å². The molecule has 0 unspecified atom stereocenters. The third kappa shape index (κ3) is 2.87. The summed E-state index contributed by atoms with van der Waals surface area (Å²) >= 11 is 0. The Hall–Kier alpha value is -0.790. The summed E-state index contributed by atoms with van der Waals surface area (Å²) in [5.74, 6) is 0.314. The molecule has 0 aromatic heterocycles. The maximum Gasteiger partial charge on any atom is 0.310 e. The van der Waals surface area contributed by atoms with Crippen LogP contribution in [0.4, 0.5) is 0 Å². The van der Waals surface area contributed by atoms with Crippen molar-refractivity contribution < 1.29 is 9.53 Å². The number of esters is 1. The van der Waals surface area contributed by atoms with Crippen molar-refractivity contribution in [3.63, 3.8) is 0 Å². The van der Waals surface area contributed by atoms with Crippen LogP contribution in [-0.2, 0) is 9.53 Å². The molecular formula is C14H24O2. The second-order valence-corrected chi connectivity index (χ2v) is 6.60. The molecule has 0 bridgehead atoms. The van der Waals surface area contributed by atoms with Crippen LogP contribution in [0.25, 0.3) is 0 Å². The average molecular weight is 224 g/mol. The van der Waals surface area contributed by atoms with E-state index < -0.39 is 0 Å².